The number of hydrogen-bond donors (Lipinski definition) is 6. The van der Waals surface area contributed by atoms with Gasteiger partial charge in [-0.15, -0.1) is 0 Å². The van der Waals surface area contributed by atoms with Gasteiger partial charge in [-0.1, -0.05) is 204 Å². The number of esters is 1. The molecule has 0 aromatic rings. The molecule has 1 fully saturated rings. The zero-order valence-corrected chi connectivity index (χ0v) is 43.9. The van der Waals surface area contributed by atoms with Crippen molar-refractivity contribution >= 4 is 11.9 Å². The summed E-state index contributed by atoms with van der Waals surface area (Å²) in [4.78, 5) is 26.4. The number of aliphatic hydroxyl groups excluding tert-OH is 5. The first kappa shape index (κ1) is 64.4. The van der Waals surface area contributed by atoms with Crippen molar-refractivity contribution in [1.29, 1.82) is 0 Å². The summed E-state index contributed by atoms with van der Waals surface area (Å²) < 4.78 is 17.5. The Bertz CT molecular complexity index is 1350. The third-order valence-electron chi connectivity index (χ3n) is 12.9. The molecule has 1 rings (SSSR count). The van der Waals surface area contributed by atoms with E-state index in [9.17, 15) is 35.1 Å². The van der Waals surface area contributed by atoms with Crippen LogP contribution in [0.2, 0.25) is 0 Å². The lowest BCUT2D eigenvalue weighted by Crippen LogP contribution is -2.61. The van der Waals surface area contributed by atoms with Crippen molar-refractivity contribution in [3.8, 4) is 0 Å². The Kier molecular flexibility index (Phi) is 43.3. The summed E-state index contributed by atoms with van der Waals surface area (Å²) in [6.07, 6.45) is 45.5. The molecule has 1 amide bonds. The molecule has 1 saturated heterocycles. The van der Waals surface area contributed by atoms with E-state index < -0.39 is 67.4 Å². The van der Waals surface area contributed by atoms with Gasteiger partial charge in [0.15, 0.2) is 12.4 Å². The van der Waals surface area contributed by atoms with Crippen LogP contribution in [0.3, 0.4) is 0 Å². The fourth-order valence-corrected chi connectivity index (χ4v) is 8.34. The molecule has 8 unspecified atom stereocenters. The summed E-state index contributed by atoms with van der Waals surface area (Å²) in [6, 6.07) is -1.03. The molecule has 400 valence electrons. The van der Waals surface area contributed by atoms with Crippen molar-refractivity contribution < 1.29 is 49.3 Å². The average Bonchev–Trinajstić information content (AvgIpc) is 3.34. The zero-order valence-electron chi connectivity index (χ0n) is 43.9. The molecule has 8 atom stereocenters. The van der Waals surface area contributed by atoms with Gasteiger partial charge in [0.1, 0.15) is 24.4 Å². The van der Waals surface area contributed by atoms with Crippen molar-refractivity contribution in [3.63, 3.8) is 0 Å². The van der Waals surface area contributed by atoms with E-state index >= 15 is 0 Å². The number of nitrogens with one attached hydrogen (secondary N) is 1. The van der Waals surface area contributed by atoms with Gasteiger partial charge in [-0.2, -0.15) is 0 Å². The van der Waals surface area contributed by atoms with E-state index in [-0.39, 0.29) is 19.4 Å². The Labute approximate surface area is 420 Å². The number of unbranched alkanes of at least 4 members (excludes halogenated alkanes) is 24. The van der Waals surface area contributed by atoms with Gasteiger partial charge in [0.05, 0.1) is 25.4 Å². The fourth-order valence-electron chi connectivity index (χ4n) is 8.34. The van der Waals surface area contributed by atoms with Gasteiger partial charge in [0.25, 0.3) is 0 Å². The summed E-state index contributed by atoms with van der Waals surface area (Å²) in [5.41, 5.74) is 0. The molecule has 0 aliphatic carbocycles. The standard InChI is InChI=1S/C58H103NO10/c1-4-7-10-13-16-19-22-23-24-25-26-27-28-31-33-36-39-42-45-51(62)57(66)59-49(50(61)44-41-38-35-32-29-20-17-14-11-8-5-2)48-67-58-56(55(65)54(64)52(47-60)68-58)69-53(63)46-43-40-37-34-30-21-18-15-12-9-6-3/h15-16,18-19,23-24,26-27,41,44,49-52,54-56,58,60-62,64-65H,4-14,17,20-22,25,28-40,42-43,45-48H2,1-3H3,(H,59,66)/b18-15-,19-16-,24-23-,27-26-,44-41+. The minimum Gasteiger partial charge on any atom is -0.454 e. The molecule has 0 saturated carbocycles. The largest absolute Gasteiger partial charge is 0.454 e. The van der Waals surface area contributed by atoms with E-state index in [1.807, 2.05) is 6.08 Å². The highest BCUT2D eigenvalue weighted by molar-refractivity contribution is 5.80. The van der Waals surface area contributed by atoms with Crippen LogP contribution in [-0.4, -0.2) is 99.6 Å². The second-order valence-electron chi connectivity index (χ2n) is 19.3. The van der Waals surface area contributed by atoms with Crippen LogP contribution in [0.15, 0.2) is 60.8 Å². The molecule has 1 aliphatic heterocycles. The molecule has 6 N–H and O–H groups in total. The lowest BCUT2D eigenvalue weighted by Gasteiger charge is -2.41. The van der Waals surface area contributed by atoms with Crippen LogP contribution >= 0.6 is 0 Å². The fraction of sp³-hybridized carbons (Fsp3) is 0.793. The van der Waals surface area contributed by atoms with E-state index in [1.165, 1.54) is 83.5 Å². The van der Waals surface area contributed by atoms with Crippen molar-refractivity contribution in [3.05, 3.63) is 60.8 Å². The minimum atomic E-state index is -1.62. The number of carbonyl (C=O) groups excluding carboxylic acids is 2. The monoisotopic (exact) mass is 974 g/mol. The predicted molar refractivity (Wildman–Crippen MR) is 283 cm³/mol. The third-order valence-corrected chi connectivity index (χ3v) is 12.9. The topological polar surface area (TPSA) is 175 Å². The molecule has 0 bridgehead atoms. The Morgan fingerprint density at radius 3 is 1.58 bits per heavy atom. The molecule has 0 radical (unpaired) electrons. The second-order valence-corrected chi connectivity index (χ2v) is 19.3. The van der Waals surface area contributed by atoms with Crippen molar-refractivity contribution in [2.24, 2.45) is 0 Å². The number of rotatable bonds is 46. The second kappa shape index (κ2) is 46.4. The number of amides is 1. The highest BCUT2D eigenvalue weighted by Crippen LogP contribution is 2.26. The van der Waals surface area contributed by atoms with Crippen LogP contribution in [0.5, 0.6) is 0 Å². The molecule has 1 aliphatic rings. The van der Waals surface area contributed by atoms with Gasteiger partial charge in [-0.25, -0.2) is 0 Å². The highest BCUT2D eigenvalue weighted by atomic mass is 16.7. The highest BCUT2D eigenvalue weighted by Gasteiger charge is 2.47. The van der Waals surface area contributed by atoms with Crippen molar-refractivity contribution in [1.82, 2.24) is 5.32 Å². The van der Waals surface area contributed by atoms with Gasteiger partial charge in [0, 0.05) is 6.42 Å². The summed E-state index contributed by atoms with van der Waals surface area (Å²) in [5, 5.41) is 56.7. The van der Waals surface area contributed by atoms with E-state index in [0.717, 1.165) is 103 Å². The number of hydrogen-bond acceptors (Lipinski definition) is 10. The number of aliphatic hydroxyl groups is 5. The van der Waals surface area contributed by atoms with Crippen LogP contribution in [0.4, 0.5) is 0 Å². The molecule has 69 heavy (non-hydrogen) atoms. The first-order valence-electron chi connectivity index (χ1n) is 28.1. The van der Waals surface area contributed by atoms with Crippen molar-refractivity contribution in [2.45, 2.75) is 282 Å². The molecule has 0 aromatic heterocycles. The van der Waals surface area contributed by atoms with E-state index in [2.05, 4.69) is 74.7 Å². The lowest BCUT2D eigenvalue weighted by molar-refractivity contribution is -0.305. The summed E-state index contributed by atoms with van der Waals surface area (Å²) >= 11 is 0. The first-order chi connectivity index (χ1) is 33.7. The SMILES string of the molecule is CCCC/C=C\CCCCCCCC(=O)OC1C(OCC(NC(=O)C(O)CCCCCCC/C=C\C/C=C\C/C=C\CCCCC)C(O)/C=C/CCCCCCCCCCC)OC(CO)C(O)C1O. The molecular formula is C58H103NO10. The van der Waals surface area contributed by atoms with Crippen LogP contribution in [0.25, 0.3) is 0 Å². The van der Waals surface area contributed by atoms with Gasteiger partial charge < -0.3 is 45.1 Å². The summed E-state index contributed by atoms with van der Waals surface area (Å²) in [6.45, 7) is 5.67. The molecule has 0 aromatic carbocycles. The third kappa shape index (κ3) is 35.2. The number of allylic oxidation sites excluding steroid dienone is 9. The van der Waals surface area contributed by atoms with Gasteiger partial charge in [-0.05, 0) is 83.5 Å². The summed E-state index contributed by atoms with van der Waals surface area (Å²) in [5.74, 6) is -1.22. The Balaban J connectivity index is 2.74. The maximum Gasteiger partial charge on any atom is 0.306 e. The Morgan fingerprint density at radius 1 is 0.565 bits per heavy atom. The predicted octanol–water partition coefficient (Wildman–Crippen LogP) is 12.3. The molecular weight excluding hydrogens is 871 g/mol. The van der Waals surface area contributed by atoms with Crippen LogP contribution in [0.1, 0.15) is 233 Å². The van der Waals surface area contributed by atoms with E-state index in [1.54, 1.807) is 6.08 Å². The average molecular weight is 974 g/mol. The van der Waals surface area contributed by atoms with Gasteiger partial charge in [0.2, 0.25) is 5.91 Å². The Hall–Kier alpha value is -2.64. The molecule has 1 heterocycles. The van der Waals surface area contributed by atoms with Crippen molar-refractivity contribution in [2.75, 3.05) is 13.2 Å². The first-order valence-corrected chi connectivity index (χ1v) is 28.1. The van der Waals surface area contributed by atoms with Crippen LogP contribution in [0, 0.1) is 0 Å². The molecule has 11 heteroatoms. The lowest BCUT2D eigenvalue weighted by atomic mass is 9.99. The zero-order chi connectivity index (χ0) is 50.4. The maximum atomic E-state index is 13.4. The summed E-state index contributed by atoms with van der Waals surface area (Å²) in [7, 11) is 0. The van der Waals surface area contributed by atoms with E-state index in [4.69, 9.17) is 14.2 Å². The molecule has 11 nitrogen and oxygen atoms in total. The van der Waals surface area contributed by atoms with E-state index in [0.29, 0.717) is 12.8 Å². The van der Waals surface area contributed by atoms with Gasteiger partial charge >= 0.3 is 5.97 Å². The maximum absolute atomic E-state index is 13.4. The van der Waals surface area contributed by atoms with Crippen LogP contribution in [-0.2, 0) is 23.8 Å². The van der Waals surface area contributed by atoms with Gasteiger partial charge in [-0.3, -0.25) is 9.59 Å². The minimum absolute atomic E-state index is 0.110. The number of ether oxygens (including phenoxy) is 3. The molecule has 0 spiro atoms. The van der Waals surface area contributed by atoms with Crippen LogP contribution < -0.4 is 5.32 Å². The Morgan fingerprint density at radius 2 is 1.01 bits per heavy atom. The normalized spacial score (nSPS) is 20.3. The quantitative estimate of drug-likeness (QED) is 0.0196. The number of carbonyl (C=O) groups is 2. The smallest absolute Gasteiger partial charge is 0.306 e.